The Morgan fingerprint density at radius 3 is 1.31 bits per heavy atom. The molecule has 8 rings (SSSR count). The fourth-order valence-corrected chi connectivity index (χ4v) is 12.5. The molecule has 89 heavy (non-hydrogen) atoms. The maximum absolute atomic E-state index is 14.1. The van der Waals surface area contributed by atoms with Crippen LogP contribution in [0, 0.1) is 23.3 Å². The third-order valence-corrected chi connectivity index (χ3v) is 17.4. The van der Waals surface area contributed by atoms with Gasteiger partial charge in [0.15, 0.2) is 0 Å². The van der Waals surface area contributed by atoms with Crippen molar-refractivity contribution in [3.8, 4) is 0 Å². The number of rotatable bonds is 21. The summed E-state index contributed by atoms with van der Waals surface area (Å²) in [6.45, 7) is 13.6. The number of nitrogens with one attached hydrogen (secondary N) is 5. The number of sulfonamides is 2. The first kappa shape index (κ1) is 71.4. The largest absolute Gasteiger partial charge is 0.478 e. The maximum Gasteiger partial charge on any atom is 0.335 e. The van der Waals surface area contributed by atoms with Gasteiger partial charge in [0.1, 0.15) is 23.3 Å². The van der Waals surface area contributed by atoms with Gasteiger partial charge in [0, 0.05) is 59.3 Å². The zero-order chi connectivity index (χ0) is 65.5. The number of carbonyl (C=O) groups is 2. The summed E-state index contributed by atoms with van der Waals surface area (Å²) in [6, 6.07) is 33.8. The Bertz CT molecular complexity index is 3550. The molecule has 2 aliphatic carbocycles. The fraction of sp³-hybridized carbons (Fsp3) is 0.441. The number of hydrogen-bond donors (Lipinski definition) is 9. The molecule has 2 aliphatic rings. The Hall–Kier alpha value is -6.72. The number of aliphatic hydroxyl groups excluding tert-OH is 2. The number of aromatic carboxylic acids is 1. The van der Waals surface area contributed by atoms with E-state index < -0.39 is 79.5 Å². The number of hydrogen-bond acceptors (Lipinski definition) is 11. The minimum Gasteiger partial charge on any atom is -0.478 e. The van der Waals surface area contributed by atoms with E-state index in [4.69, 9.17) is 10.8 Å². The number of anilines is 2. The van der Waals surface area contributed by atoms with Crippen LogP contribution in [0.4, 0.5) is 28.9 Å². The van der Waals surface area contributed by atoms with Gasteiger partial charge in [-0.1, -0.05) is 141 Å². The summed E-state index contributed by atoms with van der Waals surface area (Å²) in [6.07, 6.45) is 10.7. The molecule has 21 heteroatoms. The summed E-state index contributed by atoms with van der Waals surface area (Å²) in [7, 11) is -6.93. The van der Waals surface area contributed by atoms with Crippen LogP contribution in [0.1, 0.15) is 160 Å². The van der Waals surface area contributed by atoms with Gasteiger partial charge in [-0.2, -0.15) is 0 Å². The van der Waals surface area contributed by atoms with Gasteiger partial charge in [0.2, 0.25) is 20.0 Å². The number of aliphatic hydroxyl groups is 2. The summed E-state index contributed by atoms with van der Waals surface area (Å²) in [5.74, 6) is -4.42. The predicted octanol–water partition coefficient (Wildman–Crippen LogP) is 11.5. The summed E-state index contributed by atoms with van der Waals surface area (Å²) < 4.78 is 105. The molecule has 0 saturated heterocycles. The molecular weight excluding hydrogens is 1180 g/mol. The van der Waals surface area contributed by atoms with Crippen molar-refractivity contribution in [3.05, 3.63) is 201 Å². The van der Waals surface area contributed by atoms with Gasteiger partial charge in [-0.05, 0) is 143 Å². The highest BCUT2D eigenvalue weighted by molar-refractivity contribution is 7.92. The summed E-state index contributed by atoms with van der Waals surface area (Å²) >= 11 is 0. The van der Waals surface area contributed by atoms with Gasteiger partial charge < -0.3 is 37.0 Å². The maximum atomic E-state index is 14.1. The van der Waals surface area contributed by atoms with E-state index in [0.717, 1.165) is 88.0 Å². The van der Waals surface area contributed by atoms with Crippen LogP contribution in [0.25, 0.3) is 0 Å². The number of amides is 1. The van der Waals surface area contributed by atoms with Crippen molar-refractivity contribution in [2.45, 2.75) is 165 Å². The molecule has 0 spiro atoms. The zero-order valence-electron chi connectivity index (χ0n) is 52.1. The molecule has 0 aromatic heterocycles. The highest BCUT2D eigenvalue weighted by Gasteiger charge is 2.37. The molecule has 6 aromatic carbocycles. The van der Waals surface area contributed by atoms with E-state index in [1.54, 1.807) is 0 Å². The van der Waals surface area contributed by atoms with Crippen molar-refractivity contribution in [1.82, 2.24) is 16.0 Å². The van der Waals surface area contributed by atoms with E-state index in [0.29, 0.717) is 12.1 Å². The lowest BCUT2D eigenvalue weighted by atomic mass is 9.74. The molecule has 0 bridgehead atoms. The number of benzene rings is 6. The third kappa shape index (κ3) is 22.3. The van der Waals surface area contributed by atoms with E-state index in [1.165, 1.54) is 95.9 Å². The van der Waals surface area contributed by atoms with Gasteiger partial charge in [0.05, 0.1) is 36.3 Å². The van der Waals surface area contributed by atoms with Crippen LogP contribution >= 0.6 is 0 Å². The molecular formula is C68H88F4N6O9S2. The summed E-state index contributed by atoms with van der Waals surface area (Å²) in [5.41, 5.74) is 12.0. The fourth-order valence-electron chi connectivity index (χ4n) is 11.4. The minimum atomic E-state index is -3.56. The van der Waals surface area contributed by atoms with Crippen molar-refractivity contribution in [3.63, 3.8) is 0 Å². The topological polar surface area (TPSA) is 249 Å². The van der Waals surface area contributed by atoms with Gasteiger partial charge in [-0.3, -0.25) is 14.2 Å². The normalized spacial score (nSPS) is 16.4. The lowest BCUT2D eigenvalue weighted by Crippen LogP contribution is -2.53. The second kappa shape index (κ2) is 30.9. The Labute approximate surface area is 522 Å². The van der Waals surface area contributed by atoms with Crippen molar-refractivity contribution in [2.75, 3.05) is 35.0 Å². The van der Waals surface area contributed by atoms with Gasteiger partial charge in [-0.15, -0.1) is 0 Å². The highest BCUT2D eigenvalue weighted by atomic mass is 32.2. The van der Waals surface area contributed by atoms with Gasteiger partial charge >= 0.3 is 5.97 Å². The average molecular weight is 1270 g/mol. The van der Waals surface area contributed by atoms with Crippen molar-refractivity contribution < 1.29 is 59.3 Å². The van der Waals surface area contributed by atoms with Crippen LogP contribution in [0.2, 0.25) is 0 Å². The molecule has 1 amide bonds. The lowest BCUT2D eigenvalue weighted by molar-refractivity contribution is 0.0696. The number of carboxylic acids is 1. The van der Waals surface area contributed by atoms with E-state index >= 15 is 0 Å². The second-order valence-corrected chi connectivity index (χ2v) is 29.3. The standard InChI is InChI=1S/C34H43F2N3O4S.C26H36F2N2O.C8H9NO4S/c1-33(2,3)25-11-9-12-26(20-25)34(14-6-5-7-15-34)37-22-31(40)30(18-23-16-27(35)21-28(36)17-23)38-32(41)24-10-8-13-29(19-24)39-44(4,42)43;1-25(2,3)19-8-7-9-20(15-19)26(10-5-4-6-11-26)30-17-24(31)23(29)14-18-12-21(27)16-22(28)13-18;1-14(12,13)9-7-4-2-3-6(5-7)8(10)11/h8-13,16-17,19-21,30-31,37,39-40H,5-7,14-15,18,22H2,1-4H3,(H,38,41);7-9,12-13,15-16,23-24,30-31H,4-6,10-11,14,17,29H2,1-3H3;2-5,9H,1H3,(H,10,11)/t30-,31+;23-,24+;/m00./s1. The van der Waals surface area contributed by atoms with E-state index in [1.807, 2.05) is 0 Å². The Morgan fingerprint density at radius 2 is 0.910 bits per heavy atom. The molecule has 10 N–H and O–H groups in total. The molecule has 6 aromatic rings. The highest BCUT2D eigenvalue weighted by Crippen LogP contribution is 2.40. The monoisotopic (exact) mass is 1270 g/mol. The molecule has 2 fully saturated rings. The van der Waals surface area contributed by atoms with E-state index in [2.05, 4.69) is 115 Å². The summed E-state index contributed by atoms with van der Waals surface area (Å²) in [4.78, 5) is 23.9. The molecule has 484 valence electrons. The van der Waals surface area contributed by atoms with Gasteiger partial charge in [0.25, 0.3) is 5.91 Å². The molecule has 0 aliphatic heterocycles. The van der Waals surface area contributed by atoms with Crippen molar-refractivity contribution >= 4 is 43.3 Å². The Kier molecular flexibility index (Phi) is 24.7. The lowest BCUT2D eigenvalue weighted by Gasteiger charge is -2.41. The van der Waals surface area contributed by atoms with E-state index in [9.17, 15) is 54.2 Å². The second-order valence-electron chi connectivity index (χ2n) is 25.8. The molecule has 0 unspecified atom stereocenters. The average Bonchev–Trinajstić information content (AvgIpc) is 1.04. The SMILES string of the molecule is CC(C)(C)c1cccc(C2(NC[C@@H](O)[C@@H](N)Cc3cc(F)cc(F)c3)CCCCC2)c1.CC(C)(C)c1cccc(C2(NC[C@@H](O)[C@H](Cc3cc(F)cc(F)c3)NC(=O)c3cccc(NS(C)(=O)=O)c3)CCCCC2)c1.CS(=O)(=O)Nc1cccc(C(=O)O)c1. The molecule has 4 atom stereocenters. The first-order valence-corrected chi connectivity index (χ1v) is 33.8. The quantitative estimate of drug-likeness (QED) is 0.0305. The van der Waals surface area contributed by atoms with Crippen molar-refractivity contribution in [2.24, 2.45) is 5.73 Å². The first-order chi connectivity index (χ1) is 41.6. The smallest absolute Gasteiger partial charge is 0.335 e. The number of halogens is 4. The number of carboxylic acid groups (broad SMARTS) is 1. The van der Waals surface area contributed by atoms with Gasteiger partial charge in [-0.25, -0.2) is 39.2 Å². The Morgan fingerprint density at radius 1 is 0.528 bits per heavy atom. The van der Waals surface area contributed by atoms with Crippen LogP contribution < -0.4 is 31.1 Å². The van der Waals surface area contributed by atoms with Crippen LogP contribution in [-0.2, 0) is 54.8 Å². The first-order valence-electron chi connectivity index (χ1n) is 30.0. The number of carbonyl (C=O) groups excluding carboxylic acids is 1. The van der Waals surface area contributed by atoms with Crippen LogP contribution in [0.3, 0.4) is 0 Å². The molecule has 0 heterocycles. The number of nitrogens with two attached hydrogens (primary N) is 1. The van der Waals surface area contributed by atoms with Crippen LogP contribution in [-0.4, -0.2) is 93.9 Å². The van der Waals surface area contributed by atoms with Crippen LogP contribution in [0.5, 0.6) is 0 Å². The molecule has 15 nitrogen and oxygen atoms in total. The predicted molar refractivity (Wildman–Crippen MR) is 344 cm³/mol. The van der Waals surface area contributed by atoms with Crippen molar-refractivity contribution in [1.29, 1.82) is 0 Å². The molecule has 0 radical (unpaired) electrons. The minimum absolute atomic E-state index is 0.0307. The van der Waals surface area contributed by atoms with E-state index in [-0.39, 0.29) is 69.4 Å². The zero-order valence-corrected chi connectivity index (χ0v) is 53.7. The summed E-state index contributed by atoms with van der Waals surface area (Å²) in [5, 5.41) is 41.0. The molecule has 2 saturated carbocycles. The third-order valence-electron chi connectivity index (χ3n) is 16.2. The van der Waals surface area contributed by atoms with Crippen LogP contribution in [0.15, 0.2) is 133 Å². The Balaban J connectivity index is 0.000000242.